The first kappa shape index (κ1) is 18.0. The Morgan fingerprint density at radius 1 is 1.15 bits per heavy atom. The molecule has 0 aliphatic heterocycles. The molecule has 1 heterocycles. The van der Waals surface area contributed by atoms with Gasteiger partial charge >= 0.3 is 0 Å². The molecule has 1 aromatic heterocycles. The number of oxazole rings is 1. The lowest BCUT2D eigenvalue weighted by Crippen LogP contribution is -2.14. The molecule has 0 unspecified atom stereocenters. The molecule has 3 rings (SSSR count). The highest BCUT2D eigenvalue weighted by Gasteiger charge is 2.21. The summed E-state index contributed by atoms with van der Waals surface area (Å²) in [4.78, 5) is 4.08. The van der Waals surface area contributed by atoms with Gasteiger partial charge in [0, 0.05) is 18.2 Å². The van der Waals surface area contributed by atoms with E-state index >= 15 is 0 Å². The van der Waals surface area contributed by atoms with E-state index in [1.807, 2.05) is 19.1 Å². The maximum Gasteiger partial charge on any atom is 0.265 e. The Morgan fingerprint density at radius 2 is 1.88 bits per heavy atom. The summed E-state index contributed by atoms with van der Waals surface area (Å²) in [6.45, 7) is 3.77. The Hall–Kier alpha value is -2.80. The van der Waals surface area contributed by atoms with Crippen molar-refractivity contribution in [1.29, 1.82) is 0 Å². The summed E-state index contributed by atoms with van der Waals surface area (Å²) >= 11 is 0. The number of aromatic nitrogens is 1. The number of hydrogen-bond acceptors (Lipinski definition) is 5. The molecule has 0 saturated carbocycles. The van der Waals surface area contributed by atoms with Crippen LogP contribution in [0.3, 0.4) is 0 Å². The number of nitrogens with zero attached hydrogens (tertiary/aromatic N) is 1. The summed E-state index contributed by atoms with van der Waals surface area (Å²) in [6.07, 6.45) is 2.45. The van der Waals surface area contributed by atoms with Crippen LogP contribution in [0, 0.1) is 6.92 Å². The summed E-state index contributed by atoms with van der Waals surface area (Å²) in [6, 6.07) is 12.1. The SMILES string of the molecule is CCc1ccc(NS(=O)(=O)c2cc(-c3cnc(C)o3)ccc2OC)cc1. The molecule has 7 heteroatoms. The minimum atomic E-state index is -3.84. The third kappa shape index (κ3) is 3.72. The van der Waals surface area contributed by atoms with Gasteiger partial charge in [0.05, 0.1) is 13.3 Å². The van der Waals surface area contributed by atoms with Crippen LogP contribution in [0.5, 0.6) is 5.75 Å². The fourth-order valence-corrected chi connectivity index (χ4v) is 3.81. The van der Waals surface area contributed by atoms with Crippen molar-refractivity contribution in [2.24, 2.45) is 0 Å². The molecule has 6 nitrogen and oxygen atoms in total. The molecule has 0 spiro atoms. The van der Waals surface area contributed by atoms with Gasteiger partial charge in [-0.15, -0.1) is 0 Å². The van der Waals surface area contributed by atoms with Crippen LogP contribution in [0.2, 0.25) is 0 Å². The number of nitrogens with one attached hydrogen (secondary N) is 1. The van der Waals surface area contributed by atoms with Crippen molar-refractivity contribution in [3.05, 3.63) is 60.1 Å². The quantitative estimate of drug-likeness (QED) is 0.707. The Bertz CT molecular complexity index is 1010. The van der Waals surface area contributed by atoms with E-state index < -0.39 is 10.0 Å². The molecule has 0 amide bonds. The van der Waals surface area contributed by atoms with E-state index in [9.17, 15) is 8.42 Å². The normalized spacial score (nSPS) is 11.3. The van der Waals surface area contributed by atoms with Gasteiger partial charge in [-0.05, 0) is 42.3 Å². The standard InChI is InChI=1S/C19H20N2O4S/c1-4-14-5-8-16(9-6-14)21-26(22,23)19-11-15(7-10-17(19)24-3)18-12-20-13(2)25-18/h5-12,21H,4H2,1-3H3. The fourth-order valence-electron chi connectivity index (χ4n) is 2.55. The van der Waals surface area contributed by atoms with Crippen molar-refractivity contribution in [2.45, 2.75) is 25.2 Å². The summed E-state index contributed by atoms with van der Waals surface area (Å²) in [5, 5.41) is 0. The van der Waals surface area contributed by atoms with E-state index in [1.165, 1.54) is 13.2 Å². The number of ether oxygens (including phenoxy) is 1. The summed E-state index contributed by atoms with van der Waals surface area (Å²) in [7, 11) is -2.40. The number of methoxy groups -OCH3 is 1. The second-order valence-corrected chi connectivity index (χ2v) is 7.42. The van der Waals surface area contributed by atoms with Gasteiger partial charge in [-0.2, -0.15) is 0 Å². The lowest BCUT2D eigenvalue weighted by atomic mass is 10.2. The number of anilines is 1. The average molecular weight is 372 g/mol. The predicted molar refractivity (Wildman–Crippen MR) is 99.9 cm³/mol. The molecule has 0 atom stereocenters. The van der Waals surface area contributed by atoms with Gasteiger partial charge in [-0.25, -0.2) is 13.4 Å². The molecule has 0 saturated heterocycles. The van der Waals surface area contributed by atoms with Crippen molar-refractivity contribution in [2.75, 3.05) is 11.8 Å². The minimum Gasteiger partial charge on any atom is -0.495 e. The van der Waals surface area contributed by atoms with Crippen molar-refractivity contribution in [3.8, 4) is 17.1 Å². The Labute approximate surface area is 152 Å². The molecule has 136 valence electrons. The van der Waals surface area contributed by atoms with Crippen LogP contribution in [-0.4, -0.2) is 20.5 Å². The third-order valence-corrected chi connectivity index (χ3v) is 5.38. The van der Waals surface area contributed by atoms with E-state index in [2.05, 4.69) is 9.71 Å². The molecular weight excluding hydrogens is 352 g/mol. The number of sulfonamides is 1. The Kier molecular flexibility index (Phi) is 4.99. The largest absolute Gasteiger partial charge is 0.495 e. The van der Waals surface area contributed by atoms with Crippen LogP contribution < -0.4 is 9.46 Å². The summed E-state index contributed by atoms with van der Waals surface area (Å²) in [5.41, 5.74) is 2.23. The minimum absolute atomic E-state index is 0.0334. The van der Waals surface area contributed by atoms with Gasteiger partial charge in [0.25, 0.3) is 10.0 Å². The van der Waals surface area contributed by atoms with Gasteiger partial charge in [0.15, 0.2) is 11.7 Å². The highest BCUT2D eigenvalue weighted by molar-refractivity contribution is 7.92. The van der Waals surface area contributed by atoms with Crippen LogP contribution in [0.1, 0.15) is 18.4 Å². The second-order valence-electron chi connectivity index (χ2n) is 5.77. The van der Waals surface area contributed by atoms with Crippen LogP contribution in [0.4, 0.5) is 5.69 Å². The highest BCUT2D eigenvalue weighted by atomic mass is 32.2. The Morgan fingerprint density at radius 3 is 2.46 bits per heavy atom. The topological polar surface area (TPSA) is 81.4 Å². The van der Waals surface area contributed by atoms with Gasteiger partial charge in [0.2, 0.25) is 0 Å². The van der Waals surface area contributed by atoms with Gasteiger partial charge < -0.3 is 9.15 Å². The maximum absolute atomic E-state index is 12.9. The number of benzene rings is 2. The molecule has 0 bridgehead atoms. The molecule has 0 fully saturated rings. The monoisotopic (exact) mass is 372 g/mol. The highest BCUT2D eigenvalue weighted by Crippen LogP contribution is 2.31. The lowest BCUT2D eigenvalue weighted by molar-refractivity contribution is 0.403. The van der Waals surface area contributed by atoms with Crippen molar-refractivity contribution in [3.63, 3.8) is 0 Å². The molecule has 0 radical (unpaired) electrons. The smallest absolute Gasteiger partial charge is 0.265 e. The summed E-state index contributed by atoms with van der Waals surface area (Å²) in [5.74, 6) is 1.26. The van der Waals surface area contributed by atoms with Gasteiger partial charge in [-0.3, -0.25) is 4.72 Å². The molecule has 0 aliphatic carbocycles. The zero-order valence-corrected chi connectivity index (χ0v) is 15.6. The van der Waals surface area contributed by atoms with E-state index in [0.29, 0.717) is 22.9 Å². The van der Waals surface area contributed by atoms with E-state index in [-0.39, 0.29) is 10.6 Å². The average Bonchev–Trinajstić information content (AvgIpc) is 3.08. The van der Waals surface area contributed by atoms with Crippen molar-refractivity contribution < 1.29 is 17.6 Å². The van der Waals surface area contributed by atoms with Crippen LogP contribution in [0.15, 0.2) is 58.0 Å². The molecule has 1 N–H and O–H groups in total. The van der Waals surface area contributed by atoms with Crippen LogP contribution >= 0.6 is 0 Å². The number of rotatable bonds is 6. The molecule has 26 heavy (non-hydrogen) atoms. The van der Waals surface area contributed by atoms with E-state index in [1.54, 1.807) is 37.4 Å². The molecule has 0 aliphatic rings. The van der Waals surface area contributed by atoms with Crippen LogP contribution in [0.25, 0.3) is 11.3 Å². The number of hydrogen-bond donors (Lipinski definition) is 1. The fraction of sp³-hybridized carbons (Fsp3) is 0.211. The second kappa shape index (κ2) is 7.21. The predicted octanol–water partition coefficient (Wildman–Crippen LogP) is 4.02. The van der Waals surface area contributed by atoms with Crippen LogP contribution in [-0.2, 0) is 16.4 Å². The van der Waals surface area contributed by atoms with Crippen molar-refractivity contribution in [1.82, 2.24) is 4.98 Å². The van der Waals surface area contributed by atoms with E-state index in [0.717, 1.165) is 12.0 Å². The lowest BCUT2D eigenvalue weighted by Gasteiger charge is -2.13. The molecular formula is C19H20N2O4S. The third-order valence-electron chi connectivity index (χ3n) is 3.97. The zero-order chi connectivity index (χ0) is 18.7. The van der Waals surface area contributed by atoms with Gasteiger partial charge in [-0.1, -0.05) is 19.1 Å². The zero-order valence-electron chi connectivity index (χ0n) is 14.8. The first-order chi connectivity index (χ1) is 12.4. The van der Waals surface area contributed by atoms with Gasteiger partial charge in [0.1, 0.15) is 10.6 Å². The molecule has 2 aromatic carbocycles. The first-order valence-corrected chi connectivity index (χ1v) is 9.64. The summed E-state index contributed by atoms with van der Waals surface area (Å²) < 4.78 is 39.1. The number of aryl methyl sites for hydroxylation is 2. The van der Waals surface area contributed by atoms with E-state index in [4.69, 9.17) is 9.15 Å². The molecule has 3 aromatic rings. The Balaban J connectivity index is 1.99. The first-order valence-electron chi connectivity index (χ1n) is 8.15. The maximum atomic E-state index is 12.9. The van der Waals surface area contributed by atoms with Crippen molar-refractivity contribution >= 4 is 15.7 Å².